The summed E-state index contributed by atoms with van der Waals surface area (Å²) >= 11 is 3.57. The topological polar surface area (TPSA) is 29.3 Å². The third-order valence-electron chi connectivity index (χ3n) is 4.59. The Hall–Kier alpha value is -0.380. The summed E-state index contributed by atoms with van der Waals surface area (Å²) in [6, 6.07) is 8.08. The number of aryl methyl sites for hydroxylation is 1. The number of likely N-dealkylation sites (tertiary alicyclic amines) is 1. The fourth-order valence-electron chi connectivity index (χ4n) is 3.68. The van der Waals surface area contributed by atoms with E-state index < -0.39 is 0 Å². The molecular formula is C15H21BrN2. The maximum absolute atomic E-state index is 5.84. The highest BCUT2D eigenvalue weighted by Gasteiger charge is 2.36. The van der Waals surface area contributed by atoms with Crippen LogP contribution in [-0.2, 0) is 6.42 Å². The third-order valence-corrected chi connectivity index (χ3v) is 5.09. The fourth-order valence-corrected chi connectivity index (χ4v) is 4.09. The summed E-state index contributed by atoms with van der Waals surface area (Å²) in [5.41, 5.74) is 8.91. The SMILES string of the molecule is CC1CC(CN)CN1C1CCc2cc(Br)ccc21. The maximum atomic E-state index is 5.84. The van der Waals surface area contributed by atoms with Crippen LogP contribution >= 0.6 is 15.9 Å². The monoisotopic (exact) mass is 308 g/mol. The second kappa shape index (κ2) is 4.95. The molecule has 3 rings (SSSR count). The number of nitrogens with zero attached hydrogens (tertiary/aromatic N) is 1. The number of benzene rings is 1. The molecule has 0 aromatic heterocycles. The molecule has 2 aliphatic rings. The number of hydrogen-bond acceptors (Lipinski definition) is 2. The fraction of sp³-hybridized carbons (Fsp3) is 0.600. The van der Waals surface area contributed by atoms with Gasteiger partial charge in [-0.3, -0.25) is 4.90 Å². The second-order valence-electron chi connectivity index (χ2n) is 5.78. The Morgan fingerprint density at radius 2 is 2.28 bits per heavy atom. The molecule has 0 amide bonds. The molecule has 0 bridgehead atoms. The Labute approximate surface area is 118 Å². The van der Waals surface area contributed by atoms with Crippen molar-refractivity contribution in [2.45, 2.75) is 38.3 Å². The molecular weight excluding hydrogens is 288 g/mol. The van der Waals surface area contributed by atoms with E-state index in [2.05, 4.69) is 46.0 Å². The van der Waals surface area contributed by atoms with Gasteiger partial charge in [0.25, 0.3) is 0 Å². The average Bonchev–Trinajstić information content (AvgIpc) is 2.91. The maximum Gasteiger partial charge on any atom is 0.0356 e. The zero-order valence-corrected chi connectivity index (χ0v) is 12.5. The van der Waals surface area contributed by atoms with Crippen molar-refractivity contribution in [3.05, 3.63) is 33.8 Å². The van der Waals surface area contributed by atoms with Crippen LogP contribution in [0.2, 0.25) is 0 Å². The van der Waals surface area contributed by atoms with Crippen LogP contribution in [0.15, 0.2) is 22.7 Å². The summed E-state index contributed by atoms with van der Waals surface area (Å²) < 4.78 is 1.20. The molecule has 98 valence electrons. The van der Waals surface area contributed by atoms with Gasteiger partial charge in [-0.2, -0.15) is 0 Å². The lowest BCUT2D eigenvalue weighted by Gasteiger charge is -2.29. The van der Waals surface area contributed by atoms with Crippen molar-refractivity contribution in [3.63, 3.8) is 0 Å². The molecule has 0 spiro atoms. The van der Waals surface area contributed by atoms with Crippen LogP contribution in [0.3, 0.4) is 0 Å². The first-order valence-electron chi connectivity index (χ1n) is 6.93. The molecule has 1 fully saturated rings. The van der Waals surface area contributed by atoms with Crippen LogP contribution < -0.4 is 5.73 Å². The lowest BCUT2D eigenvalue weighted by molar-refractivity contribution is 0.187. The molecule has 2 N–H and O–H groups in total. The van der Waals surface area contributed by atoms with Crippen molar-refractivity contribution in [2.24, 2.45) is 11.7 Å². The van der Waals surface area contributed by atoms with Gasteiger partial charge in [0.2, 0.25) is 0 Å². The van der Waals surface area contributed by atoms with Crippen molar-refractivity contribution < 1.29 is 0 Å². The second-order valence-corrected chi connectivity index (χ2v) is 6.70. The minimum atomic E-state index is 0.625. The zero-order valence-electron chi connectivity index (χ0n) is 10.9. The first-order valence-corrected chi connectivity index (χ1v) is 7.72. The molecule has 2 nitrogen and oxygen atoms in total. The van der Waals surface area contributed by atoms with Crippen molar-refractivity contribution in [1.29, 1.82) is 0 Å². The number of hydrogen-bond donors (Lipinski definition) is 1. The Kier molecular flexibility index (Phi) is 3.48. The summed E-state index contributed by atoms with van der Waals surface area (Å²) in [4.78, 5) is 2.68. The molecule has 1 saturated heterocycles. The summed E-state index contributed by atoms with van der Waals surface area (Å²) in [7, 11) is 0. The lowest BCUT2D eigenvalue weighted by atomic mass is 10.1. The van der Waals surface area contributed by atoms with E-state index in [0.29, 0.717) is 18.0 Å². The quantitative estimate of drug-likeness (QED) is 0.909. The molecule has 0 saturated carbocycles. The van der Waals surface area contributed by atoms with E-state index in [4.69, 9.17) is 5.73 Å². The number of fused-ring (bicyclic) bond motifs is 1. The molecule has 1 aromatic rings. The van der Waals surface area contributed by atoms with Crippen molar-refractivity contribution >= 4 is 15.9 Å². The smallest absolute Gasteiger partial charge is 0.0356 e. The summed E-state index contributed by atoms with van der Waals surface area (Å²) in [5.74, 6) is 0.694. The standard InChI is InChI=1S/C15H21BrN2/c1-10-6-11(8-17)9-18(10)15-5-2-12-7-13(16)3-4-14(12)15/h3-4,7,10-11,15H,2,5-6,8-9,17H2,1H3. The summed E-state index contributed by atoms with van der Waals surface area (Å²) in [6.45, 7) is 4.37. The molecule has 3 heteroatoms. The highest BCUT2D eigenvalue weighted by Crippen LogP contribution is 2.41. The number of halogens is 1. The van der Waals surface area contributed by atoms with Gasteiger partial charge in [0.15, 0.2) is 0 Å². The minimum Gasteiger partial charge on any atom is -0.330 e. The highest BCUT2D eigenvalue weighted by atomic mass is 79.9. The largest absolute Gasteiger partial charge is 0.330 e. The molecule has 3 atom stereocenters. The zero-order chi connectivity index (χ0) is 12.7. The number of rotatable bonds is 2. The highest BCUT2D eigenvalue weighted by molar-refractivity contribution is 9.10. The van der Waals surface area contributed by atoms with Crippen LogP contribution in [0.1, 0.15) is 36.9 Å². The van der Waals surface area contributed by atoms with Crippen LogP contribution in [0.5, 0.6) is 0 Å². The molecule has 0 radical (unpaired) electrons. The van der Waals surface area contributed by atoms with Crippen molar-refractivity contribution in [2.75, 3.05) is 13.1 Å². The molecule has 1 aromatic carbocycles. The van der Waals surface area contributed by atoms with Gasteiger partial charge >= 0.3 is 0 Å². The normalized spacial score (nSPS) is 31.8. The van der Waals surface area contributed by atoms with Gasteiger partial charge in [-0.1, -0.05) is 22.0 Å². The predicted octanol–water partition coefficient (Wildman–Crippen LogP) is 3.11. The molecule has 18 heavy (non-hydrogen) atoms. The average molecular weight is 309 g/mol. The first-order chi connectivity index (χ1) is 8.69. The van der Waals surface area contributed by atoms with Gasteiger partial charge in [-0.15, -0.1) is 0 Å². The van der Waals surface area contributed by atoms with E-state index in [1.165, 1.54) is 35.8 Å². The van der Waals surface area contributed by atoms with E-state index in [-0.39, 0.29) is 0 Å². The van der Waals surface area contributed by atoms with Gasteiger partial charge in [-0.25, -0.2) is 0 Å². The molecule has 1 aliphatic carbocycles. The van der Waals surface area contributed by atoms with Gasteiger partial charge in [-0.05, 0) is 61.9 Å². The Balaban J connectivity index is 1.84. The molecule has 3 unspecified atom stereocenters. The third kappa shape index (κ3) is 2.13. The number of nitrogens with two attached hydrogens (primary N) is 1. The van der Waals surface area contributed by atoms with E-state index in [9.17, 15) is 0 Å². The van der Waals surface area contributed by atoms with E-state index in [1.54, 1.807) is 5.56 Å². The van der Waals surface area contributed by atoms with Crippen molar-refractivity contribution in [1.82, 2.24) is 4.90 Å². The van der Waals surface area contributed by atoms with E-state index >= 15 is 0 Å². The summed E-state index contributed by atoms with van der Waals surface area (Å²) in [5, 5.41) is 0. The van der Waals surface area contributed by atoms with Crippen LogP contribution in [0.25, 0.3) is 0 Å². The van der Waals surface area contributed by atoms with Gasteiger partial charge in [0, 0.05) is 23.1 Å². The van der Waals surface area contributed by atoms with E-state index in [1.807, 2.05) is 0 Å². The molecule has 1 heterocycles. The lowest BCUT2D eigenvalue weighted by Crippen LogP contribution is -2.31. The van der Waals surface area contributed by atoms with E-state index in [0.717, 1.165) is 6.54 Å². The van der Waals surface area contributed by atoms with Gasteiger partial charge in [0.1, 0.15) is 0 Å². The van der Waals surface area contributed by atoms with Crippen LogP contribution in [0.4, 0.5) is 0 Å². The van der Waals surface area contributed by atoms with Gasteiger partial charge < -0.3 is 5.73 Å². The summed E-state index contributed by atoms with van der Waals surface area (Å²) in [6.07, 6.45) is 3.75. The Morgan fingerprint density at radius 3 is 3.00 bits per heavy atom. The Bertz CT molecular complexity index is 446. The first kappa shape index (κ1) is 12.6. The molecule has 1 aliphatic heterocycles. The minimum absolute atomic E-state index is 0.625. The van der Waals surface area contributed by atoms with Gasteiger partial charge in [0.05, 0.1) is 0 Å². The van der Waals surface area contributed by atoms with Crippen molar-refractivity contribution in [3.8, 4) is 0 Å². The van der Waals surface area contributed by atoms with Crippen LogP contribution in [0, 0.1) is 5.92 Å². The Morgan fingerprint density at radius 1 is 1.44 bits per heavy atom. The van der Waals surface area contributed by atoms with Crippen LogP contribution in [-0.4, -0.2) is 24.0 Å². The predicted molar refractivity (Wildman–Crippen MR) is 78.5 cm³/mol.